The molecular weight excluding hydrogens is 360 g/mol. The molecule has 2 atom stereocenters. The maximum atomic E-state index is 12.7. The SMILES string of the molecule is CC(=O)C1CC(C(=O)NCC(c2cccs2)N(C)C)=NN1c1ccccc1. The van der Waals surface area contributed by atoms with E-state index in [1.54, 1.807) is 16.3 Å². The zero-order chi connectivity index (χ0) is 19.4. The molecule has 2 heterocycles. The van der Waals surface area contributed by atoms with E-state index in [0.29, 0.717) is 18.7 Å². The van der Waals surface area contributed by atoms with Gasteiger partial charge in [0, 0.05) is 17.8 Å². The molecule has 0 aliphatic carbocycles. The third kappa shape index (κ3) is 4.43. The molecule has 2 unspecified atom stereocenters. The summed E-state index contributed by atoms with van der Waals surface area (Å²) in [5.41, 5.74) is 1.20. The van der Waals surface area contributed by atoms with Crippen molar-refractivity contribution in [3.8, 4) is 0 Å². The second-order valence-corrected chi connectivity index (χ2v) is 7.74. The molecule has 6 nitrogen and oxygen atoms in total. The number of Topliss-reactive ketones (excluding diaryl/α,β-unsaturated/α-hetero) is 1. The molecule has 0 saturated heterocycles. The molecule has 1 aromatic heterocycles. The van der Waals surface area contributed by atoms with Crippen LogP contribution >= 0.6 is 11.3 Å². The summed E-state index contributed by atoms with van der Waals surface area (Å²) in [6, 6.07) is 13.2. The minimum Gasteiger partial charge on any atom is -0.349 e. The van der Waals surface area contributed by atoms with Gasteiger partial charge in [0.05, 0.1) is 11.7 Å². The van der Waals surface area contributed by atoms with E-state index >= 15 is 0 Å². The maximum absolute atomic E-state index is 12.7. The van der Waals surface area contributed by atoms with Gasteiger partial charge in [-0.15, -0.1) is 11.3 Å². The van der Waals surface area contributed by atoms with Crippen molar-refractivity contribution in [1.29, 1.82) is 0 Å². The Bertz CT molecular complexity index is 818. The Labute approximate surface area is 163 Å². The van der Waals surface area contributed by atoms with Crippen LogP contribution in [-0.2, 0) is 9.59 Å². The van der Waals surface area contributed by atoms with Crippen LogP contribution in [0.5, 0.6) is 0 Å². The molecule has 1 aromatic carbocycles. The molecule has 7 heteroatoms. The lowest BCUT2D eigenvalue weighted by Gasteiger charge is -2.23. The number of likely N-dealkylation sites (N-methyl/N-ethyl adjacent to an activating group) is 1. The van der Waals surface area contributed by atoms with Crippen molar-refractivity contribution >= 4 is 34.4 Å². The van der Waals surface area contributed by atoms with Crippen LogP contribution in [0.3, 0.4) is 0 Å². The minimum absolute atomic E-state index is 0.00448. The van der Waals surface area contributed by atoms with Crippen LogP contribution in [0.4, 0.5) is 5.69 Å². The van der Waals surface area contributed by atoms with Gasteiger partial charge in [0.2, 0.25) is 0 Å². The standard InChI is InChI=1S/C20H24N4O2S/c1-14(25)17-12-16(22-24(17)15-8-5-4-6-9-15)20(26)21-13-18(23(2)3)19-10-7-11-27-19/h4-11,17-18H,12-13H2,1-3H3,(H,21,26). The third-order valence-corrected chi connectivity index (χ3v) is 5.59. The summed E-state index contributed by atoms with van der Waals surface area (Å²) in [5.74, 6) is -0.224. The van der Waals surface area contributed by atoms with Gasteiger partial charge in [-0.25, -0.2) is 0 Å². The Hall–Kier alpha value is -2.51. The molecule has 0 radical (unpaired) electrons. The summed E-state index contributed by atoms with van der Waals surface area (Å²) in [6.45, 7) is 2.03. The molecular formula is C20H24N4O2S. The van der Waals surface area contributed by atoms with Crippen LogP contribution in [0.2, 0.25) is 0 Å². The van der Waals surface area contributed by atoms with E-state index in [4.69, 9.17) is 0 Å². The Morgan fingerprint density at radius 1 is 1.26 bits per heavy atom. The van der Waals surface area contributed by atoms with Gasteiger partial charge in [-0.3, -0.25) is 14.6 Å². The Kier molecular flexibility index (Phi) is 6.03. The average Bonchev–Trinajstić information content (AvgIpc) is 3.32. The topological polar surface area (TPSA) is 65.0 Å². The first-order chi connectivity index (χ1) is 13.0. The molecule has 27 heavy (non-hydrogen) atoms. The van der Waals surface area contributed by atoms with Crippen molar-refractivity contribution in [1.82, 2.24) is 10.2 Å². The van der Waals surface area contributed by atoms with Crippen LogP contribution in [-0.4, -0.2) is 49.0 Å². The predicted octanol–water partition coefficient (Wildman–Crippen LogP) is 2.69. The second kappa shape index (κ2) is 8.45. The Balaban J connectivity index is 1.71. The first-order valence-corrected chi connectivity index (χ1v) is 9.75. The van der Waals surface area contributed by atoms with Crippen molar-refractivity contribution in [2.75, 3.05) is 25.6 Å². The number of carbonyl (C=O) groups is 2. The number of anilines is 1. The van der Waals surface area contributed by atoms with Gasteiger partial charge in [0.25, 0.3) is 5.91 Å². The van der Waals surface area contributed by atoms with E-state index in [9.17, 15) is 9.59 Å². The number of nitrogens with zero attached hydrogens (tertiary/aromatic N) is 3. The molecule has 1 aliphatic rings. The molecule has 1 aliphatic heterocycles. The van der Waals surface area contributed by atoms with Gasteiger partial charge < -0.3 is 10.2 Å². The van der Waals surface area contributed by atoms with E-state index in [2.05, 4.69) is 21.4 Å². The van der Waals surface area contributed by atoms with Crippen LogP contribution in [0, 0.1) is 0 Å². The maximum Gasteiger partial charge on any atom is 0.267 e. The molecule has 3 rings (SSSR count). The second-order valence-electron chi connectivity index (χ2n) is 6.76. The number of hydrogen-bond donors (Lipinski definition) is 1. The number of thiophene rings is 1. The number of para-hydroxylation sites is 1. The lowest BCUT2D eigenvalue weighted by atomic mass is 10.1. The number of benzene rings is 1. The van der Waals surface area contributed by atoms with Gasteiger partial charge in [-0.1, -0.05) is 24.3 Å². The number of carbonyl (C=O) groups excluding carboxylic acids is 2. The van der Waals surface area contributed by atoms with Crippen LogP contribution in [0.1, 0.15) is 24.3 Å². The quantitative estimate of drug-likeness (QED) is 0.797. The van der Waals surface area contributed by atoms with Gasteiger partial charge in [-0.05, 0) is 44.6 Å². The summed E-state index contributed by atoms with van der Waals surface area (Å²) in [5, 5.41) is 11.1. The van der Waals surface area contributed by atoms with E-state index < -0.39 is 6.04 Å². The number of hydrogen-bond acceptors (Lipinski definition) is 6. The van der Waals surface area contributed by atoms with Crippen molar-refractivity contribution in [3.63, 3.8) is 0 Å². The van der Waals surface area contributed by atoms with Gasteiger partial charge >= 0.3 is 0 Å². The normalized spacial score (nSPS) is 17.7. The third-order valence-electron chi connectivity index (χ3n) is 4.61. The van der Waals surface area contributed by atoms with Crippen molar-refractivity contribution < 1.29 is 9.59 Å². The summed E-state index contributed by atoms with van der Waals surface area (Å²) in [4.78, 5) is 28.0. The fourth-order valence-corrected chi connectivity index (χ4v) is 4.02. The summed E-state index contributed by atoms with van der Waals surface area (Å²) >= 11 is 1.67. The fourth-order valence-electron chi connectivity index (χ4n) is 3.09. The number of hydrazone groups is 1. The first kappa shape index (κ1) is 19.3. The Morgan fingerprint density at radius 3 is 2.59 bits per heavy atom. The van der Waals surface area contributed by atoms with E-state index in [0.717, 1.165) is 5.69 Å². The highest BCUT2D eigenvalue weighted by Crippen LogP contribution is 2.25. The van der Waals surface area contributed by atoms with Gasteiger partial charge in [-0.2, -0.15) is 5.10 Å². The summed E-state index contributed by atoms with van der Waals surface area (Å²) in [7, 11) is 3.99. The molecule has 1 amide bonds. The lowest BCUT2D eigenvalue weighted by molar-refractivity contribution is -0.118. The van der Waals surface area contributed by atoms with E-state index in [1.165, 1.54) is 11.8 Å². The van der Waals surface area contributed by atoms with Crippen molar-refractivity contribution in [2.45, 2.75) is 25.4 Å². The number of nitrogens with one attached hydrogen (secondary N) is 1. The van der Waals surface area contributed by atoms with Crippen LogP contribution in [0.15, 0.2) is 52.9 Å². The highest BCUT2D eigenvalue weighted by atomic mass is 32.1. The largest absolute Gasteiger partial charge is 0.349 e. The van der Waals surface area contributed by atoms with Gasteiger partial charge in [0.1, 0.15) is 11.8 Å². The zero-order valence-corrected chi connectivity index (χ0v) is 16.6. The van der Waals surface area contributed by atoms with Crippen LogP contribution < -0.4 is 10.3 Å². The van der Waals surface area contributed by atoms with E-state index in [-0.39, 0.29) is 17.7 Å². The minimum atomic E-state index is -0.435. The smallest absolute Gasteiger partial charge is 0.267 e. The molecule has 2 aromatic rings. The van der Waals surface area contributed by atoms with Crippen molar-refractivity contribution in [2.24, 2.45) is 5.10 Å². The molecule has 0 saturated carbocycles. The number of rotatable bonds is 7. The fraction of sp³-hybridized carbons (Fsp3) is 0.350. The zero-order valence-electron chi connectivity index (χ0n) is 15.8. The lowest BCUT2D eigenvalue weighted by Crippen LogP contribution is -2.38. The highest BCUT2D eigenvalue weighted by Gasteiger charge is 2.34. The van der Waals surface area contributed by atoms with E-state index in [1.807, 2.05) is 55.9 Å². The number of ketones is 1. The highest BCUT2D eigenvalue weighted by molar-refractivity contribution is 7.10. The van der Waals surface area contributed by atoms with Crippen LogP contribution in [0.25, 0.3) is 0 Å². The summed E-state index contributed by atoms with van der Waals surface area (Å²) < 4.78 is 0. The van der Waals surface area contributed by atoms with Gasteiger partial charge in [0.15, 0.2) is 5.78 Å². The number of amides is 1. The molecule has 0 fully saturated rings. The first-order valence-electron chi connectivity index (χ1n) is 8.87. The predicted molar refractivity (Wildman–Crippen MR) is 109 cm³/mol. The average molecular weight is 385 g/mol. The summed E-state index contributed by atoms with van der Waals surface area (Å²) in [6.07, 6.45) is 0.321. The molecule has 0 bridgehead atoms. The monoisotopic (exact) mass is 384 g/mol. The molecule has 0 spiro atoms. The molecule has 1 N–H and O–H groups in total. The van der Waals surface area contributed by atoms with Crippen molar-refractivity contribution in [3.05, 3.63) is 52.7 Å². The Morgan fingerprint density at radius 2 is 2.00 bits per heavy atom. The molecule has 142 valence electrons.